The number of ether oxygens (including phenoxy) is 1. The third kappa shape index (κ3) is 11.1. The van der Waals surface area contributed by atoms with Gasteiger partial charge in [-0.25, -0.2) is 4.79 Å². The summed E-state index contributed by atoms with van der Waals surface area (Å²) in [6.45, 7) is 3.34. The van der Waals surface area contributed by atoms with Gasteiger partial charge in [0.1, 0.15) is 6.04 Å². The first kappa shape index (κ1) is 42.6. The molecule has 0 aliphatic rings. The smallest absolute Gasteiger partial charge is 0.335 e. The molecule has 5 rings (SSSR count). The molecule has 0 heterocycles. The van der Waals surface area contributed by atoms with E-state index in [2.05, 4.69) is 26.6 Å². The number of hydrogen-bond acceptors (Lipinski definition) is 10. The lowest BCUT2D eigenvalue weighted by Gasteiger charge is -2.19. The molecule has 9 N–H and O–H groups in total. The Bertz CT molecular complexity index is 2510. The Morgan fingerprint density at radius 3 is 1.78 bits per heavy atom. The first-order chi connectivity index (χ1) is 28.6. The Morgan fingerprint density at radius 1 is 0.667 bits per heavy atom. The predicted molar refractivity (Wildman–Crippen MR) is 219 cm³/mol. The highest BCUT2D eigenvalue weighted by Gasteiger charge is 2.25. The molecule has 17 heteroatoms. The molecule has 0 aliphatic carbocycles. The topological polar surface area (TPSA) is 279 Å². The van der Waals surface area contributed by atoms with Crippen molar-refractivity contribution in [2.24, 2.45) is 5.73 Å². The van der Waals surface area contributed by atoms with Gasteiger partial charge in [0.2, 0.25) is 11.8 Å². The number of aromatic carboxylic acids is 1. The van der Waals surface area contributed by atoms with Crippen molar-refractivity contribution in [3.8, 4) is 17.6 Å². The number of nitrogens with zero attached hydrogens (tertiary/aromatic N) is 1. The molecule has 17 nitrogen and oxygen atoms in total. The van der Waals surface area contributed by atoms with Crippen LogP contribution >= 0.6 is 0 Å². The van der Waals surface area contributed by atoms with E-state index in [1.165, 1.54) is 109 Å². The molecule has 304 valence electrons. The van der Waals surface area contributed by atoms with Crippen molar-refractivity contribution in [2.75, 3.05) is 21.3 Å². The fourth-order valence-electron chi connectivity index (χ4n) is 5.52. The first-order valence-electron chi connectivity index (χ1n) is 18.0. The number of primary amides is 1. The second kappa shape index (κ2) is 19.1. The summed E-state index contributed by atoms with van der Waals surface area (Å²) in [5.74, 6) is -6.18. The monoisotopic (exact) mass is 811 g/mol. The van der Waals surface area contributed by atoms with E-state index in [0.29, 0.717) is 16.8 Å². The maximum Gasteiger partial charge on any atom is 0.335 e. The molecule has 0 spiro atoms. The van der Waals surface area contributed by atoms with Gasteiger partial charge in [-0.15, -0.1) is 0 Å². The van der Waals surface area contributed by atoms with Gasteiger partial charge in [0, 0.05) is 33.8 Å². The van der Waals surface area contributed by atoms with Crippen LogP contribution in [-0.2, 0) is 9.59 Å². The summed E-state index contributed by atoms with van der Waals surface area (Å²) >= 11 is 0. The van der Waals surface area contributed by atoms with E-state index < -0.39 is 65.7 Å². The molecule has 0 fully saturated rings. The largest absolute Gasteiger partial charge is 0.504 e. The third-order valence-electron chi connectivity index (χ3n) is 8.47. The number of hydrogen-bond donors (Lipinski definition) is 8. The van der Waals surface area contributed by atoms with Crippen LogP contribution in [0.25, 0.3) is 0 Å². The van der Waals surface area contributed by atoms with E-state index in [1.807, 2.05) is 6.07 Å². The number of aromatic hydroxyl groups is 1. The van der Waals surface area contributed by atoms with Crippen LogP contribution in [0, 0.1) is 11.3 Å². The molecule has 6 amide bonds. The van der Waals surface area contributed by atoms with E-state index in [0.717, 1.165) is 0 Å². The van der Waals surface area contributed by atoms with E-state index in [4.69, 9.17) is 15.7 Å². The molecule has 1 atom stereocenters. The summed E-state index contributed by atoms with van der Waals surface area (Å²) in [5.41, 5.74) is 6.81. The number of nitriles is 1. The molecule has 0 unspecified atom stereocenters. The van der Waals surface area contributed by atoms with Crippen LogP contribution in [0.15, 0.2) is 109 Å². The molecule has 0 aliphatic heterocycles. The van der Waals surface area contributed by atoms with Gasteiger partial charge in [-0.1, -0.05) is 6.07 Å². The lowest BCUT2D eigenvalue weighted by atomic mass is 10.1. The number of anilines is 4. The molecule has 60 heavy (non-hydrogen) atoms. The molecular weight excluding hydrogens is 775 g/mol. The zero-order valence-electron chi connectivity index (χ0n) is 31.9. The number of carboxylic acids is 1. The van der Waals surface area contributed by atoms with E-state index >= 15 is 0 Å². The molecular formula is C43H37N7O10. The normalized spacial score (nSPS) is 11.0. The van der Waals surface area contributed by atoms with Crippen molar-refractivity contribution in [1.82, 2.24) is 5.32 Å². The Morgan fingerprint density at radius 2 is 1.22 bits per heavy atom. The summed E-state index contributed by atoms with van der Waals surface area (Å²) < 4.78 is 5.76. The quantitative estimate of drug-likeness (QED) is 0.0687. The van der Waals surface area contributed by atoms with Crippen LogP contribution in [0.1, 0.15) is 77.6 Å². The molecule has 5 aromatic carbocycles. The average molecular weight is 812 g/mol. The van der Waals surface area contributed by atoms with Crippen LogP contribution in [0.3, 0.4) is 0 Å². The Balaban J connectivity index is 1.22. The minimum absolute atomic E-state index is 0.0283. The highest BCUT2D eigenvalue weighted by atomic mass is 16.5. The third-order valence-corrected chi connectivity index (χ3v) is 8.47. The van der Waals surface area contributed by atoms with Gasteiger partial charge in [0.25, 0.3) is 23.6 Å². The van der Waals surface area contributed by atoms with Crippen LogP contribution in [0.5, 0.6) is 11.5 Å². The highest BCUT2D eigenvalue weighted by Crippen LogP contribution is 2.39. The summed E-state index contributed by atoms with van der Waals surface area (Å²) in [4.78, 5) is 88.4. The van der Waals surface area contributed by atoms with E-state index in [9.17, 15) is 43.8 Å². The lowest BCUT2D eigenvalue weighted by Crippen LogP contribution is -2.46. The predicted octanol–water partition coefficient (Wildman–Crippen LogP) is 5.12. The van der Waals surface area contributed by atoms with Crippen molar-refractivity contribution in [3.63, 3.8) is 0 Å². The van der Waals surface area contributed by atoms with Crippen LogP contribution in [0.2, 0.25) is 0 Å². The fraction of sp³-hybridized carbons (Fsp3) is 0.116. The number of benzene rings is 5. The number of amides is 6. The molecule has 0 radical (unpaired) electrons. The van der Waals surface area contributed by atoms with E-state index in [-0.39, 0.29) is 45.1 Å². The van der Waals surface area contributed by atoms with Gasteiger partial charge in [-0.3, -0.25) is 28.8 Å². The maximum absolute atomic E-state index is 13.3. The van der Waals surface area contributed by atoms with Crippen molar-refractivity contribution >= 4 is 64.2 Å². The number of phenolic OH excluding ortho intramolecular Hbond substituents is 1. The summed E-state index contributed by atoms with van der Waals surface area (Å²) in [6.07, 6.45) is -1.03. The molecule has 0 saturated carbocycles. The number of nitrogens with one attached hydrogen (secondary N) is 5. The van der Waals surface area contributed by atoms with Gasteiger partial charge in [-0.05, 0) is 117 Å². The maximum atomic E-state index is 13.3. The average Bonchev–Trinajstić information content (AvgIpc) is 3.22. The van der Waals surface area contributed by atoms with Crippen LogP contribution < -0.4 is 37.1 Å². The minimum atomic E-state index is -1.39. The van der Waals surface area contributed by atoms with E-state index in [1.54, 1.807) is 13.8 Å². The van der Waals surface area contributed by atoms with Crippen molar-refractivity contribution in [1.29, 1.82) is 5.26 Å². The molecule has 5 aromatic rings. The van der Waals surface area contributed by atoms with Crippen molar-refractivity contribution in [2.45, 2.75) is 32.4 Å². The summed E-state index contributed by atoms with van der Waals surface area (Å²) in [7, 11) is 0. The van der Waals surface area contributed by atoms with Crippen LogP contribution in [-0.4, -0.2) is 63.8 Å². The fourth-order valence-corrected chi connectivity index (χ4v) is 5.52. The highest BCUT2D eigenvalue weighted by molar-refractivity contribution is 6.10. The summed E-state index contributed by atoms with van der Waals surface area (Å²) in [6, 6.07) is 26.0. The van der Waals surface area contributed by atoms with Gasteiger partial charge in [0.15, 0.2) is 11.5 Å². The number of carbonyl (C=O) groups is 7. The minimum Gasteiger partial charge on any atom is -0.504 e. The molecule has 0 aromatic heterocycles. The Labute approximate surface area is 342 Å². The number of phenols is 1. The number of carbonyl (C=O) groups excluding carboxylic acids is 6. The number of nitrogens with two attached hydrogens (primary N) is 1. The zero-order valence-corrected chi connectivity index (χ0v) is 31.9. The SMILES string of the molecule is CC(C)Oc1c(NC(=O)c2ccc(NC(=O)[C@H](CC(N)=O)NC(=O)c3ccc(NC(=O)c4ccc(C#N)cc4)cc3)cc2)ccc(C(=O)Nc2cccc(C(=O)O)c2)c1O. The first-order valence-corrected chi connectivity index (χ1v) is 18.0. The zero-order chi connectivity index (χ0) is 43.5. The Hall–Kier alpha value is -8.52. The lowest BCUT2D eigenvalue weighted by molar-refractivity contribution is -0.123. The summed E-state index contributed by atoms with van der Waals surface area (Å²) in [5, 5.41) is 42.2. The van der Waals surface area contributed by atoms with Crippen LogP contribution in [0.4, 0.5) is 22.7 Å². The second-order valence-electron chi connectivity index (χ2n) is 13.3. The second-order valence-corrected chi connectivity index (χ2v) is 13.3. The molecule has 0 saturated heterocycles. The van der Waals surface area contributed by atoms with Gasteiger partial charge >= 0.3 is 5.97 Å². The van der Waals surface area contributed by atoms with Gasteiger partial charge in [0.05, 0.1) is 41.0 Å². The van der Waals surface area contributed by atoms with Crippen molar-refractivity contribution in [3.05, 3.63) is 143 Å². The Kier molecular flexibility index (Phi) is 13.6. The number of rotatable bonds is 15. The van der Waals surface area contributed by atoms with Gasteiger partial charge in [-0.2, -0.15) is 5.26 Å². The van der Waals surface area contributed by atoms with Gasteiger partial charge < -0.3 is 47.3 Å². The molecule has 0 bridgehead atoms. The van der Waals surface area contributed by atoms with Crippen molar-refractivity contribution < 1.29 is 48.5 Å². The number of carboxylic acid groups (broad SMARTS) is 1. The standard InChI is InChI=1S/C43H37N7O10/c1-23(2)60-37-33(19-18-32(36(37)52)41(56)48-31-5-3-4-28(20-31)43(58)59)49-39(54)26-12-16-30(17-13-26)47-42(57)34(21-35(45)51)50-40(55)27-10-14-29(15-11-27)46-38(53)25-8-6-24(22-44)7-9-25/h3-20,23,34,52H,21H2,1-2H3,(H2,45,51)(H,46,53)(H,47,57)(H,48,56)(H,49,54)(H,50,55)(H,58,59)/t34-/m0/s1.